The Morgan fingerprint density at radius 2 is 2.08 bits per heavy atom. The molecule has 0 atom stereocenters. The predicted molar refractivity (Wildman–Crippen MR) is 56.5 cm³/mol. The molecular weight excluding hydrogens is 166 g/mol. The highest BCUT2D eigenvalue weighted by molar-refractivity contribution is 7.99. The second-order valence-electron chi connectivity index (χ2n) is 4.01. The van der Waals surface area contributed by atoms with Gasteiger partial charge in [-0.2, -0.15) is 0 Å². The molecule has 0 saturated heterocycles. The third kappa shape index (κ3) is 2.94. The molecule has 1 aromatic heterocycles. The third-order valence-corrected chi connectivity index (χ3v) is 3.01. The molecule has 2 heteroatoms. The molecule has 0 unspecified atom stereocenters. The molecule has 0 aromatic carbocycles. The van der Waals surface area contributed by atoms with Gasteiger partial charge in [-0.15, -0.1) is 11.8 Å². The largest absolute Gasteiger partial charge is 0.354 e. The average molecular weight is 183 g/mol. The van der Waals surface area contributed by atoms with Gasteiger partial charge in [0.15, 0.2) is 0 Å². The number of aromatic nitrogens is 1. The highest BCUT2D eigenvalue weighted by Crippen LogP contribution is 2.26. The van der Waals surface area contributed by atoms with Gasteiger partial charge >= 0.3 is 0 Å². The summed E-state index contributed by atoms with van der Waals surface area (Å²) in [4.78, 5) is 0. The monoisotopic (exact) mass is 183 g/mol. The maximum absolute atomic E-state index is 2.25. The third-order valence-electron chi connectivity index (χ3n) is 1.70. The number of aryl methyl sites for hydroxylation is 1. The SMILES string of the molecule is Cn1cccc1CSC(C)(C)C. The van der Waals surface area contributed by atoms with Crippen LogP contribution in [0.15, 0.2) is 18.3 Å². The molecule has 0 N–H and O–H groups in total. The first-order chi connectivity index (χ1) is 5.49. The molecule has 0 fully saturated rings. The summed E-state index contributed by atoms with van der Waals surface area (Å²) in [6.07, 6.45) is 2.10. The Morgan fingerprint density at radius 3 is 2.50 bits per heavy atom. The van der Waals surface area contributed by atoms with Crippen molar-refractivity contribution in [1.29, 1.82) is 0 Å². The average Bonchev–Trinajstić information content (AvgIpc) is 2.29. The number of hydrogen-bond donors (Lipinski definition) is 0. The second kappa shape index (κ2) is 3.56. The minimum Gasteiger partial charge on any atom is -0.354 e. The van der Waals surface area contributed by atoms with Crippen molar-refractivity contribution in [2.75, 3.05) is 0 Å². The van der Waals surface area contributed by atoms with E-state index in [1.54, 1.807) is 0 Å². The molecule has 1 aromatic rings. The molecule has 0 saturated carbocycles. The van der Waals surface area contributed by atoms with Crippen molar-refractivity contribution >= 4 is 11.8 Å². The maximum Gasteiger partial charge on any atom is 0.0343 e. The van der Waals surface area contributed by atoms with Crippen LogP contribution in [0.3, 0.4) is 0 Å². The number of hydrogen-bond acceptors (Lipinski definition) is 1. The van der Waals surface area contributed by atoms with Crippen molar-refractivity contribution in [3.8, 4) is 0 Å². The molecule has 0 aliphatic rings. The van der Waals surface area contributed by atoms with Crippen LogP contribution >= 0.6 is 11.8 Å². The lowest BCUT2D eigenvalue weighted by Crippen LogP contribution is -2.08. The summed E-state index contributed by atoms with van der Waals surface area (Å²) in [6.45, 7) is 6.75. The molecular formula is C10H17NS. The van der Waals surface area contributed by atoms with Crippen LogP contribution in [-0.4, -0.2) is 9.31 Å². The van der Waals surface area contributed by atoms with Crippen LogP contribution in [0, 0.1) is 0 Å². The summed E-state index contributed by atoms with van der Waals surface area (Å²) in [5.74, 6) is 1.10. The fourth-order valence-corrected chi connectivity index (χ4v) is 1.82. The van der Waals surface area contributed by atoms with Gasteiger partial charge in [-0.25, -0.2) is 0 Å². The van der Waals surface area contributed by atoms with Crippen LogP contribution < -0.4 is 0 Å². The summed E-state index contributed by atoms with van der Waals surface area (Å²) in [5.41, 5.74) is 1.40. The molecule has 1 nitrogen and oxygen atoms in total. The van der Waals surface area contributed by atoms with E-state index in [0.29, 0.717) is 4.75 Å². The van der Waals surface area contributed by atoms with E-state index in [1.165, 1.54) is 5.69 Å². The number of rotatable bonds is 2. The first-order valence-electron chi connectivity index (χ1n) is 4.23. The Balaban J connectivity index is 2.49. The van der Waals surface area contributed by atoms with Gasteiger partial charge in [-0.3, -0.25) is 0 Å². The molecule has 1 rings (SSSR count). The first kappa shape index (κ1) is 9.72. The molecule has 0 amide bonds. The minimum absolute atomic E-state index is 0.365. The van der Waals surface area contributed by atoms with E-state index in [0.717, 1.165) is 5.75 Å². The Morgan fingerprint density at radius 1 is 1.42 bits per heavy atom. The predicted octanol–water partition coefficient (Wildman–Crippen LogP) is 3.06. The molecule has 0 aliphatic carbocycles. The van der Waals surface area contributed by atoms with Crippen molar-refractivity contribution in [2.24, 2.45) is 7.05 Å². The normalized spacial score (nSPS) is 12.0. The summed E-state index contributed by atoms with van der Waals surface area (Å²) in [6, 6.07) is 4.28. The standard InChI is InChI=1S/C10H17NS/c1-10(2,3)12-8-9-6-5-7-11(9)4/h5-7H,8H2,1-4H3. The molecule has 0 aliphatic heterocycles. The molecule has 0 bridgehead atoms. The van der Waals surface area contributed by atoms with Gasteiger partial charge in [0.1, 0.15) is 0 Å². The van der Waals surface area contributed by atoms with Gasteiger partial charge in [0, 0.05) is 29.4 Å². The van der Waals surface area contributed by atoms with E-state index < -0.39 is 0 Å². The van der Waals surface area contributed by atoms with Crippen LogP contribution in [-0.2, 0) is 12.8 Å². The second-order valence-corrected chi connectivity index (χ2v) is 5.81. The van der Waals surface area contributed by atoms with Crippen LogP contribution in [0.5, 0.6) is 0 Å². The number of thioether (sulfide) groups is 1. The zero-order valence-electron chi connectivity index (χ0n) is 8.29. The maximum atomic E-state index is 2.25. The van der Waals surface area contributed by atoms with Gasteiger partial charge in [0.2, 0.25) is 0 Å². The summed E-state index contributed by atoms with van der Waals surface area (Å²) in [5, 5.41) is 0. The van der Waals surface area contributed by atoms with E-state index >= 15 is 0 Å². The topological polar surface area (TPSA) is 4.93 Å². The lowest BCUT2D eigenvalue weighted by molar-refractivity contribution is 0.797. The zero-order chi connectivity index (χ0) is 9.19. The Kier molecular flexibility index (Phi) is 2.89. The highest BCUT2D eigenvalue weighted by atomic mass is 32.2. The van der Waals surface area contributed by atoms with Crippen LogP contribution in [0.2, 0.25) is 0 Å². The van der Waals surface area contributed by atoms with Crippen LogP contribution in [0.4, 0.5) is 0 Å². The molecule has 0 radical (unpaired) electrons. The van der Waals surface area contributed by atoms with Gasteiger partial charge in [-0.1, -0.05) is 20.8 Å². The van der Waals surface area contributed by atoms with Crippen molar-refractivity contribution < 1.29 is 0 Å². The van der Waals surface area contributed by atoms with Crippen molar-refractivity contribution in [3.05, 3.63) is 24.0 Å². The van der Waals surface area contributed by atoms with Crippen LogP contribution in [0.25, 0.3) is 0 Å². The van der Waals surface area contributed by atoms with Gasteiger partial charge in [0.25, 0.3) is 0 Å². The fraction of sp³-hybridized carbons (Fsp3) is 0.600. The Hall–Kier alpha value is -0.370. The van der Waals surface area contributed by atoms with Gasteiger partial charge in [0.05, 0.1) is 0 Å². The van der Waals surface area contributed by atoms with Crippen molar-refractivity contribution in [1.82, 2.24) is 4.57 Å². The fourth-order valence-electron chi connectivity index (χ4n) is 0.937. The van der Waals surface area contributed by atoms with Crippen molar-refractivity contribution in [2.45, 2.75) is 31.3 Å². The Labute approximate surface area is 79.2 Å². The smallest absolute Gasteiger partial charge is 0.0343 e. The summed E-state index contributed by atoms with van der Waals surface area (Å²) >= 11 is 1.98. The van der Waals surface area contributed by atoms with Crippen LogP contribution in [0.1, 0.15) is 26.5 Å². The molecule has 12 heavy (non-hydrogen) atoms. The lowest BCUT2D eigenvalue weighted by Gasteiger charge is -2.17. The van der Waals surface area contributed by atoms with E-state index in [1.807, 2.05) is 11.8 Å². The molecule has 1 heterocycles. The lowest BCUT2D eigenvalue weighted by atomic mass is 10.3. The minimum atomic E-state index is 0.365. The quantitative estimate of drug-likeness (QED) is 0.682. The van der Waals surface area contributed by atoms with Gasteiger partial charge < -0.3 is 4.57 Å². The first-order valence-corrected chi connectivity index (χ1v) is 5.22. The van der Waals surface area contributed by atoms with E-state index in [9.17, 15) is 0 Å². The Bertz CT molecular complexity index is 245. The van der Waals surface area contributed by atoms with E-state index in [-0.39, 0.29) is 0 Å². The molecule has 68 valence electrons. The van der Waals surface area contributed by atoms with E-state index in [2.05, 4.69) is 50.7 Å². The summed E-state index contributed by atoms with van der Waals surface area (Å²) < 4.78 is 2.54. The summed E-state index contributed by atoms with van der Waals surface area (Å²) in [7, 11) is 2.10. The van der Waals surface area contributed by atoms with Gasteiger partial charge in [-0.05, 0) is 12.1 Å². The van der Waals surface area contributed by atoms with Crippen molar-refractivity contribution in [3.63, 3.8) is 0 Å². The van der Waals surface area contributed by atoms with E-state index in [4.69, 9.17) is 0 Å². The zero-order valence-corrected chi connectivity index (χ0v) is 9.11. The number of nitrogens with zero attached hydrogens (tertiary/aromatic N) is 1. The highest BCUT2D eigenvalue weighted by Gasteiger charge is 2.10. The molecule has 0 spiro atoms.